The third-order valence-electron chi connectivity index (χ3n) is 4.84. The minimum atomic E-state index is -0.685. The van der Waals surface area contributed by atoms with Crippen molar-refractivity contribution in [3.63, 3.8) is 0 Å². The van der Waals surface area contributed by atoms with Crippen molar-refractivity contribution in [1.82, 2.24) is 5.32 Å². The molecule has 3 aliphatic rings. The van der Waals surface area contributed by atoms with Crippen LogP contribution in [0.3, 0.4) is 0 Å². The van der Waals surface area contributed by atoms with Crippen LogP contribution in [0, 0.1) is 23.7 Å². The molecule has 0 aromatic rings. The number of fused-ring (bicyclic) bond motifs is 5. The first-order valence-electron chi connectivity index (χ1n) is 6.21. The number of rotatable bonds is 4. The topological polar surface area (TPSA) is 49.3 Å². The number of hydrogen-bond donors (Lipinski definition) is 2. The average molecular weight is 209 g/mol. The lowest BCUT2D eigenvalue weighted by Gasteiger charge is -2.15. The quantitative estimate of drug-likeness (QED) is 0.737. The van der Waals surface area contributed by atoms with Gasteiger partial charge in [0.05, 0.1) is 0 Å². The highest BCUT2D eigenvalue weighted by Gasteiger charge is 2.65. The predicted octanol–water partition coefficient (Wildman–Crippen LogP) is 1.48. The monoisotopic (exact) mass is 209 g/mol. The Kier molecular flexibility index (Phi) is 2.06. The van der Waals surface area contributed by atoms with Gasteiger partial charge in [-0.15, -0.1) is 0 Å². The molecule has 3 fully saturated rings. The first-order chi connectivity index (χ1) is 7.22. The van der Waals surface area contributed by atoms with Crippen LogP contribution in [0.4, 0.5) is 0 Å². The summed E-state index contributed by atoms with van der Waals surface area (Å²) in [6.45, 7) is 1.94. The molecule has 0 aromatic carbocycles. The van der Waals surface area contributed by atoms with Crippen LogP contribution in [0.15, 0.2) is 0 Å². The van der Waals surface area contributed by atoms with Crippen LogP contribution in [0.25, 0.3) is 0 Å². The lowest BCUT2D eigenvalue weighted by molar-refractivity contribution is -0.139. The Morgan fingerprint density at radius 2 is 2.00 bits per heavy atom. The molecule has 0 spiro atoms. The third kappa shape index (κ3) is 1.32. The van der Waals surface area contributed by atoms with E-state index in [1.54, 1.807) is 0 Å². The Bertz CT molecular complexity index is 275. The van der Waals surface area contributed by atoms with Crippen molar-refractivity contribution >= 4 is 5.97 Å². The molecule has 0 aromatic heterocycles. The molecule has 84 valence electrons. The van der Waals surface area contributed by atoms with E-state index < -0.39 is 5.97 Å². The normalized spacial score (nSPS) is 47.7. The fourth-order valence-corrected chi connectivity index (χ4v) is 4.14. The van der Waals surface area contributed by atoms with E-state index in [1.807, 2.05) is 6.92 Å². The summed E-state index contributed by atoms with van der Waals surface area (Å²) in [7, 11) is 0. The van der Waals surface area contributed by atoms with Gasteiger partial charge in [-0.05, 0) is 49.4 Å². The highest BCUT2D eigenvalue weighted by molar-refractivity contribution is 5.73. The van der Waals surface area contributed by atoms with E-state index in [0.717, 1.165) is 23.7 Å². The molecular formula is C12H19NO2. The summed E-state index contributed by atoms with van der Waals surface area (Å²) >= 11 is 0. The van der Waals surface area contributed by atoms with E-state index in [0.29, 0.717) is 12.5 Å². The first-order valence-corrected chi connectivity index (χ1v) is 6.21. The number of hydrogen-bond acceptors (Lipinski definition) is 2. The molecule has 5 unspecified atom stereocenters. The van der Waals surface area contributed by atoms with Gasteiger partial charge in [0, 0.05) is 6.04 Å². The first kappa shape index (κ1) is 9.64. The van der Waals surface area contributed by atoms with E-state index in [4.69, 9.17) is 5.11 Å². The maximum atomic E-state index is 10.9. The average Bonchev–Trinajstić information content (AvgIpc) is 2.61. The summed E-state index contributed by atoms with van der Waals surface area (Å²) in [5.74, 6) is 2.82. The van der Waals surface area contributed by atoms with Gasteiger partial charge in [-0.2, -0.15) is 0 Å². The van der Waals surface area contributed by atoms with Gasteiger partial charge in [0.25, 0.3) is 0 Å². The van der Waals surface area contributed by atoms with Crippen LogP contribution in [0.1, 0.15) is 32.6 Å². The van der Waals surface area contributed by atoms with Crippen LogP contribution in [0.5, 0.6) is 0 Å². The molecule has 0 radical (unpaired) electrons. The van der Waals surface area contributed by atoms with Crippen molar-refractivity contribution in [2.45, 2.75) is 44.7 Å². The molecule has 2 N–H and O–H groups in total. The maximum absolute atomic E-state index is 10.9. The van der Waals surface area contributed by atoms with Crippen LogP contribution in [-0.4, -0.2) is 23.2 Å². The smallest absolute Gasteiger partial charge is 0.320 e. The Labute approximate surface area is 90.2 Å². The van der Waals surface area contributed by atoms with Crippen molar-refractivity contribution < 1.29 is 9.90 Å². The van der Waals surface area contributed by atoms with Gasteiger partial charge in [0.1, 0.15) is 6.04 Å². The minimum Gasteiger partial charge on any atom is -0.480 e. The molecule has 0 saturated heterocycles. The molecule has 3 nitrogen and oxygen atoms in total. The second-order valence-electron chi connectivity index (χ2n) is 5.48. The Morgan fingerprint density at radius 1 is 1.40 bits per heavy atom. The van der Waals surface area contributed by atoms with Gasteiger partial charge in [0.2, 0.25) is 0 Å². The number of nitrogens with one attached hydrogen (secondary N) is 1. The molecule has 2 bridgehead atoms. The SMILES string of the molecule is CCC(NC1C2C3CCC(C3)C12)C(=O)O. The van der Waals surface area contributed by atoms with Gasteiger partial charge in [-0.1, -0.05) is 6.92 Å². The maximum Gasteiger partial charge on any atom is 0.320 e. The number of aliphatic carboxylic acids is 1. The summed E-state index contributed by atoms with van der Waals surface area (Å²) in [4.78, 5) is 10.9. The molecule has 3 saturated carbocycles. The second kappa shape index (κ2) is 3.21. The second-order valence-corrected chi connectivity index (χ2v) is 5.48. The number of carboxylic acid groups (broad SMARTS) is 1. The molecule has 15 heavy (non-hydrogen) atoms. The molecule has 0 aliphatic heterocycles. The van der Waals surface area contributed by atoms with Crippen molar-refractivity contribution in [3.05, 3.63) is 0 Å². The number of carbonyl (C=O) groups is 1. The standard InChI is InChI=1S/C12H19NO2/c1-2-8(12(14)15)13-11-9-6-3-4-7(5-6)10(9)11/h6-11,13H,2-5H2,1H3,(H,14,15). The Hall–Kier alpha value is -0.570. The largest absolute Gasteiger partial charge is 0.480 e. The minimum absolute atomic E-state index is 0.319. The van der Waals surface area contributed by atoms with E-state index in [1.165, 1.54) is 19.3 Å². The molecule has 0 amide bonds. The van der Waals surface area contributed by atoms with Crippen LogP contribution in [-0.2, 0) is 4.79 Å². The van der Waals surface area contributed by atoms with Gasteiger partial charge >= 0.3 is 5.97 Å². The van der Waals surface area contributed by atoms with E-state index in [2.05, 4.69) is 5.32 Å². The zero-order valence-electron chi connectivity index (χ0n) is 9.15. The van der Waals surface area contributed by atoms with Gasteiger partial charge in [-0.25, -0.2) is 0 Å². The van der Waals surface area contributed by atoms with Crippen molar-refractivity contribution in [2.75, 3.05) is 0 Å². The van der Waals surface area contributed by atoms with Gasteiger partial charge in [-0.3, -0.25) is 4.79 Å². The van der Waals surface area contributed by atoms with Gasteiger partial charge < -0.3 is 10.4 Å². The summed E-state index contributed by atoms with van der Waals surface area (Å²) in [6.07, 6.45) is 4.92. The van der Waals surface area contributed by atoms with Crippen molar-refractivity contribution in [1.29, 1.82) is 0 Å². The third-order valence-corrected chi connectivity index (χ3v) is 4.84. The zero-order valence-corrected chi connectivity index (χ0v) is 9.15. The molecule has 3 aliphatic carbocycles. The fourth-order valence-electron chi connectivity index (χ4n) is 4.14. The zero-order chi connectivity index (χ0) is 10.6. The molecule has 3 rings (SSSR count). The summed E-state index contributed by atoms with van der Waals surface area (Å²) in [6, 6.07) is 0.220. The molecular weight excluding hydrogens is 190 g/mol. The van der Waals surface area contributed by atoms with Gasteiger partial charge in [0.15, 0.2) is 0 Å². The van der Waals surface area contributed by atoms with E-state index in [9.17, 15) is 4.79 Å². The molecule has 3 heteroatoms. The van der Waals surface area contributed by atoms with E-state index >= 15 is 0 Å². The lowest BCUT2D eigenvalue weighted by Crippen LogP contribution is -2.39. The predicted molar refractivity (Wildman–Crippen MR) is 56.4 cm³/mol. The molecule has 0 heterocycles. The highest BCUT2D eigenvalue weighted by Crippen LogP contribution is 2.65. The lowest BCUT2D eigenvalue weighted by atomic mass is 10.0. The fraction of sp³-hybridized carbons (Fsp3) is 0.917. The van der Waals surface area contributed by atoms with Crippen molar-refractivity contribution in [3.8, 4) is 0 Å². The summed E-state index contributed by atoms with van der Waals surface area (Å²) < 4.78 is 0. The van der Waals surface area contributed by atoms with E-state index in [-0.39, 0.29) is 6.04 Å². The highest BCUT2D eigenvalue weighted by atomic mass is 16.4. The molecule has 5 atom stereocenters. The van der Waals surface area contributed by atoms with Crippen molar-refractivity contribution in [2.24, 2.45) is 23.7 Å². The number of carboxylic acids is 1. The summed E-state index contributed by atoms with van der Waals surface area (Å²) in [5.41, 5.74) is 0. The Balaban J connectivity index is 1.61. The summed E-state index contributed by atoms with van der Waals surface area (Å²) in [5, 5.41) is 12.3. The van der Waals surface area contributed by atoms with Crippen LogP contribution < -0.4 is 5.32 Å². The Morgan fingerprint density at radius 3 is 2.47 bits per heavy atom. The van der Waals surface area contributed by atoms with Crippen LogP contribution >= 0.6 is 0 Å². The van der Waals surface area contributed by atoms with Crippen LogP contribution in [0.2, 0.25) is 0 Å².